The normalized spacial score (nSPS) is 12.9. The quantitative estimate of drug-likeness (QED) is 0.283. The van der Waals surface area contributed by atoms with Crippen molar-refractivity contribution < 1.29 is 34.1 Å². The van der Waals surface area contributed by atoms with E-state index in [1.54, 1.807) is 6.20 Å². The third-order valence-corrected chi connectivity index (χ3v) is 4.25. The van der Waals surface area contributed by atoms with Gasteiger partial charge in [-0.1, -0.05) is 24.8 Å². The molecule has 1 aromatic heterocycles. The van der Waals surface area contributed by atoms with Crippen LogP contribution < -0.4 is 5.73 Å². The Morgan fingerprint density at radius 1 is 1.14 bits per heavy atom. The lowest BCUT2D eigenvalue weighted by atomic mass is 9.95. The van der Waals surface area contributed by atoms with Crippen molar-refractivity contribution in [2.24, 2.45) is 11.7 Å². The van der Waals surface area contributed by atoms with Crippen molar-refractivity contribution >= 4 is 34.8 Å². The van der Waals surface area contributed by atoms with E-state index >= 15 is 0 Å². The first-order valence-corrected chi connectivity index (χ1v) is 8.40. The molecule has 2 atom stereocenters. The zero-order valence-electron chi connectivity index (χ0n) is 14.9. The van der Waals surface area contributed by atoms with Gasteiger partial charge < -0.3 is 25.7 Å². The smallest absolute Gasteiger partial charge is 0.331 e. The lowest BCUT2D eigenvalue weighted by Crippen LogP contribution is -2.37. The van der Waals surface area contributed by atoms with Crippen LogP contribution in [0.1, 0.15) is 18.4 Å². The van der Waals surface area contributed by atoms with E-state index in [2.05, 4.69) is 11.6 Å². The number of carboxylic acids is 2. The molecule has 2 aromatic rings. The van der Waals surface area contributed by atoms with E-state index in [0.717, 1.165) is 16.5 Å². The summed E-state index contributed by atoms with van der Waals surface area (Å²) >= 11 is 0. The summed E-state index contributed by atoms with van der Waals surface area (Å²) in [6, 6.07) is 6.22. The van der Waals surface area contributed by atoms with Crippen molar-refractivity contribution in [2.75, 3.05) is 0 Å². The number of para-hydroxylation sites is 1. The van der Waals surface area contributed by atoms with E-state index in [-0.39, 0.29) is 12.8 Å². The first-order chi connectivity index (χ1) is 13.2. The summed E-state index contributed by atoms with van der Waals surface area (Å²) in [5, 5.41) is 18.6. The molecule has 0 saturated heterocycles. The van der Waals surface area contributed by atoms with E-state index in [1.165, 1.54) is 0 Å². The van der Waals surface area contributed by atoms with Crippen LogP contribution in [0, 0.1) is 5.92 Å². The molecule has 2 rings (SSSR count). The molecule has 0 spiro atoms. The fourth-order valence-electron chi connectivity index (χ4n) is 2.72. The first-order valence-electron chi connectivity index (χ1n) is 8.40. The maximum atomic E-state index is 12.2. The van der Waals surface area contributed by atoms with Crippen LogP contribution in [0.2, 0.25) is 0 Å². The molecule has 5 N–H and O–H groups in total. The predicted octanol–water partition coefficient (Wildman–Crippen LogP) is 1.23. The molecular formula is C19H20N2O7. The average Bonchev–Trinajstić information content (AvgIpc) is 3.04. The summed E-state index contributed by atoms with van der Waals surface area (Å²) in [7, 11) is 0. The minimum atomic E-state index is -1.48. The van der Waals surface area contributed by atoms with Crippen LogP contribution in [-0.4, -0.2) is 45.1 Å². The Kier molecular flexibility index (Phi) is 6.67. The fourth-order valence-corrected chi connectivity index (χ4v) is 2.72. The lowest BCUT2D eigenvalue weighted by Gasteiger charge is -2.16. The van der Waals surface area contributed by atoms with Crippen LogP contribution in [-0.2, 0) is 30.3 Å². The Hall–Kier alpha value is -3.46. The number of fused-ring (bicyclic) bond motifs is 1. The van der Waals surface area contributed by atoms with Gasteiger partial charge in [0, 0.05) is 35.5 Å². The van der Waals surface area contributed by atoms with Crippen molar-refractivity contribution in [3.63, 3.8) is 0 Å². The molecule has 0 amide bonds. The number of aromatic amines is 1. The van der Waals surface area contributed by atoms with Gasteiger partial charge in [-0.3, -0.25) is 9.59 Å². The molecule has 9 heteroatoms. The van der Waals surface area contributed by atoms with Gasteiger partial charge in [-0.15, -0.1) is 0 Å². The van der Waals surface area contributed by atoms with Gasteiger partial charge in [0.1, 0.15) is 6.04 Å². The predicted molar refractivity (Wildman–Crippen MR) is 98.2 cm³/mol. The first kappa shape index (κ1) is 20.8. The van der Waals surface area contributed by atoms with Gasteiger partial charge in [-0.25, -0.2) is 9.59 Å². The number of aromatic nitrogens is 1. The topological polar surface area (TPSA) is 160 Å². The number of hydrogen-bond acceptors (Lipinski definition) is 6. The summed E-state index contributed by atoms with van der Waals surface area (Å²) in [4.78, 5) is 49.2. The molecule has 148 valence electrons. The third kappa shape index (κ3) is 5.04. The second-order valence-electron chi connectivity index (χ2n) is 6.23. The summed E-state index contributed by atoms with van der Waals surface area (Å²) < 4.78 is 4.71. The van der Waals surface area contributed by atoms with Gasteiger partial charge in [0.2, 0.25) is 0 Å². The van der Waals surface area contributed by atoms with Gasteiger partial charge in [0.25, 0.3) is 0 Å². The summed E-state index contributed by atoms with van der Waals surface area (Å²) in [6.07, 6.45) is 0.948. The van der Waals surface area contributed by atoms with Crippen molar-refractivity contribution in [2.45, 2.75) is 25.3 Å². The molecule has 0 saturated carbocycles. The summed E-state index contributed by atoms with van der Waals surface area (Å²) in [5.41, 5.74) is 6.90. The van der Waals surface area contributed by atoms with E-state index in [0.29, 0.717) is 0 Å². The highest BCUT2D eigenvalue weighted by molar-refractivity contribution is 5.97. The number of carbonyl (C=O) groups is 4. The number of hydrogen-bond donors (Lipinski definition) is 4. The van der Waals surface area contributed by atoms with Crippen molar-refractivity contribution in [1.29, 1.82) is 0 Å². The Labute approximate surface area is 159 Å². The number of H-pyrrole nitrogens is 1. The van der Waals surface area contributed by atoms with Crippen LogP contribution in [0.3, 0.4) is 0 Å². The molecule has 9 nitrogen and oxygen atoms in total. The Bertz CT molecular complexity index is 931. The largest absolute Gasteiger partial charge is 0.481 e. The molecule has 1 aromatic carbocycles. The van der Waals surface area contributed by atoms with Crippen LogP contribution in [0.5, 0.6) is 0 Å². The second-order valence-corrected chi connectivity index (χ2v) is 6.23. The number of aliphatic carboxylic acids is 2. The van der Waals surface area contributed by atoms with E-state index in [1.807, 2.05) is 24.3 Å². The molecule has 0 radical (unpaired) electrons. The number of benzene rings is 1. The molecule has 0 aliphatic heterocycles. The average molecular weight is 388 g/mol. The van der Waals surface area contributed by atoms with Gasteiger partial charge in [0.05, 0.1) is 5.92 Å². The van der Waals surface area contributed by atoms with Gasteiger partial charge in [0.15, 0.2) is 0 Å². The summed E-state index contributed by atoms with van der Waals surface area (Å²) in [5.74, 6) is -6.39. The zero-order valence-corrected chi connectivity index (χ0v) is 14.9. The molecule has 28 heavy (non-hydrogen) atoms. The molecule has 0 fully saturated rings. The van der Waals surface area contributed by atoms with Gasteiger partial charge in [-0.2, -0.15) is 0 Å². The van der Waals surface area contributed by atoms with Crippen molar-refractivity contribution in [3.05, 3.63) is 48.2 Å². The van der Waals surface area contributed by atoms with Crippen molar-refractivity contribution in [3.8, 4) is 0 Å². The van der Waals surface area contributed by atoms with Crippen molar-refractivity contribution in [1.82, 2.24) is 4.98 Å². The second kappa shape index (κ2) is 8.96. The number of nitrogens with two attached hydrogens (primary N) is 1. The molecule has 0 aliphatic rings. The molecule has 1 heterocycles. The van der Waals surface area contributed by atoms with E-state index in [4.69, 9.17) is 20.7 Å². The molecule has 1 unspecified atom stereocenters. The number of nitrogens with one attached hydrogen (secondary N) is 1. The maximum Gasteiger partial charge on any atom is 0.331 e. The monoisotopic (exact) mass is 388 g/mol. The van der Waals surface area contributed by atoms with Gasteiger partial charge >= 0.3 is 23.9 Å². The van der Waals surface area contributed by atoms with Gasteiger partial charge in [-0.05, 0) is 18.1 Å². The minimum Gasteiger partial charge on any atom is -0.481 e. The Morgan fingerprint density at radius 3 is 2.46 bits per heavy atom. The molecule has 0 aliphatic carbocycles. The number of rotatable bonds is 9. The Balaban J connectivity index is 2.05. The lowest BCUT2D eigenvalue weighted by molar-refractivity contribution is -0.163. The van der Waals surface area contributed by atoms with Crippen LogP contribution in [0.4, 0.5) is 0 Å². The highest BCUT2D eigenvalue weighted by atomic mass is 16.6. The maximum absolute atomic E-state index is 12.2. The highest BCUT2D eigenvalue weighted by Crippen LogP contribution is 2.21. The highest BCUT2D eigenvalue weighted by Gasteiger charge is 2.31. The zero-order chi connectivity index (χ0) is 20.8. The number of carboxylic acid groups (broad SMARTS) is 2. The summed E-state index contributed by atoms with van der Waals surface area (Å²) in [6.45, 7) is 3.26. The Morgan fingerprint density at radius 2 is 1.82 bits per heavy atom. The minimum absolute atomic E-state index is 0.0931. The van der Waals surface area contributed by atoms with Crippen LogP contribution in [0.15, 0.2) is 42.6 Å². The SMILES string of the molecule is C=C(C(=O)O)C(CCC(=O)O)C(=O)OC(=O)[C@@H](N)Cc1c[nH]c2ccccc12. The number of esters is 2. The fraction of sp³-hybridized carbons (Fsp3) is 0.263. The van der Waals surface area contributed by atoms with E-state index < -0.39 is 47.8 Å². The molecule has 0 bridgehead atoms. The van der Waals surface area contributed by atoms with Crippen LogP contribution >= 0.6 is 0 Å². The standard InChI is InChI=1S/C19H20N2O7/c1-10(17(24)25)12(6-7-16(22)23)18(26)28-19(27)14(20)8-11-9-21-15-5-3-2-4-13(11)15/h2-5,9,12,14,21H,1,6-8,20H2,(H,22,23)(H,24,25)/t12?,14-/m0/s1. The molecular weight excluding hydrogens is 368 g/mol. The van der Waals surface area contributed by atoms with Crippen LogP contribution in [0.25, 0.3) is 10.9 Å². The number of ether oxygens (including phenoxy) is 1. The number of carbonyl (C=O) groups excluding carboxylic acids is 2. The van der Waals surface area contributed by atoms with E-state index in [9.17, 15) is 19.2 Å². The third-order valence-electron chi connectivity index (χ3n) is 4.25.